The second-order valence-corrected chi connectivity index (χ2v) is 12.8. The van der Waals surface area contributed by atoms with E-state index in [0.29, 0.717) is 10.8 Å². The Bertz CT molecular complexity index is 640. The summed E-state index contributed by atoms with van der Waals surface area (Å²) in [4.78, 5) is 2.97. The molecule has 0 unspecified atom stereocenters. The van der Waals surface area contributed by atoms with Crippen molar-refractivity contribution in [1.82, 2.24) is 0 Å². The molecule has 0 N–H and O–H groups in total. The second kappa shape index (κ2) is 8.11. The minimum Gasteiger partial charge on any atom is -0.144 e. The Morgan fingerprint density at radius 2 is 0.667 bits per heavy atom. The lowest BCUT2D eigenvalue weighted by Gasteiger charge is -2.23. The van der Waals surface area contributed by atoms with Crippen molar-refractivity contribution in [2.75, 3.05) is 0 Å². The summed E-state index contributed by atoms with van der Waals surface area (Å²) < 4.78 is 0. The van der Waals surface area contributed by atoms with Gasteiger partial charge in [0.15, 0.2) is 0 Å². The quantitative estimate of drug-likeness (QED) is 0.425. The van der Waals surface area contributed by atoms with Crippen molar-refractivity contribution in [3.05, 3.63) is 57.3 Å². The Balaban J connectivity index is 0.000000271. The first-order chi connectivity index (χ1) is 11.9. The maximum Gasteiger partial charge on any atom is 0.0102 e. The summed E-state index contributed by atoms with van der Waals surface area (Å²) in [5.74, 6) is 0. The van der Waals surface area contributed by atoms with Crippen LogP contribution in [0, 0.1) is 0 Å². The van der Waals surface area contributed by atoms with Crippen LogP contribution in [-0.2, 0) is 21.7 Å². The van der Waals surface area contributed by atoms with E-state index in [-0.39, 0.29) is 10.8 Å². The SMILES string of the molecule is CC(C)(C)c1ccc(C(C)(C)C)cc1.CC(C)(C)c1ccc(C(C)(C)C)s1. The topological polar surface area (TPSA) is 0 Å². The van der Waals surface area contributed by atoms with Crippen molar-refractivity contribution < 1.29 is 0 Å². The molecule has 0 aliphatic heterocycles. The minimum atomic E-state index is 0.260. The van der Waals surface area contributed by atoms with Gasteiger partial charge in [0.1, 0.15) is 0 Å². The standard InChI is InChI=1S/C14H22.C12H20S/c1-13(2,3)11-7-9-12(10-8-11)14(4,5)6;1-11(2,3)9-7-8-10(13-9)12(4,5)6/h7-10H,1-6H3;7-8H,1-6H3. The van der Waals surface area contributed by atoms with Crippen molar-refractivity contribution in [1.29, 1.82) is 0 Å². The third-order valence-electron chi connectivity index (χ3n) is 4.70. The molecule has 0 amide bonds. The molecule has 1 heteroatoms. The summed E-state index contributed by atoms with van der Waals surface area (Å²) in [6, 6.07) is 13.5. The van der Waals surface area contributed by atoms with E-state index in [0.717, 1.165) is 0 Å². The highest BCUT2D eigenvalue weighted by atomic mass is 32.1. The Kier molecular flexibility index (Phi) is 7.20. The first-order valence-corrected chi connectivity index (χ1v) is 11.0. The summed E-state index contributed by atoms with van der Waals surface area (Å²) in [7, 11) is 0. The molecule has 0 aliphatic carbocycles. The normalized spacial score (nSPS) is 13.2. The van der Waals surface area contributed by atoms with Gasteiger partial charge in [0.05, 0.1) is 0 Å². The van der Waals surface area contributed by atoms with Gasteiger partial charge in [0.2, 0.25) is 0 Å². The zero-order valence-corrected chi connectivity index (χ0v) is 20.7. The number of benzene rings is 1. The van der Waals surface area contributed by atoms with Gasteiger partial charge in [-0.05, 0) is 44.9 Å². The molecule has 0 aliphatic rings. The van der Waals surface area contributed by atoms with Gasteiger partial charge in [-0.2, -0.15) is 0 Å². The van der Waals surface area contributed by atoms with Crippen molar-refractivity contribution in [3.63, 3.8) is 0 Å². The van der Waals surface area contributed by atoms with Gasteiger partial charge in [-0.3, -0.25) is 0 Å². The molecule has 0 saturated heterocycles. The molecule has 152 valence electrons. The highest BCUT2D eigenvalue weighted by molar-refractivity contribution is 7.12. The third-order valence-corrected chi connectivity index (χ3v) is 6.64. The molecule has 2 rings (SSSR count). The van der Waals surface area contributed by atoms with Crippen molar-refractivity contribution in [2.24, 2.45) is 0 Å². The predicted molar refractivity (Wildman–Crippen MR) is 126 cm³/mol. The minimum absolute atomic E-state index is 0.260. The highest BCUT2D eigenvalue weighted by Crippen LogP contribution is 2.35. The van der Waals surface area contributed by atoms with Crippen LogP contribution in [-0.4, -0.2) is 0 Å². The summed E-state index contributed by atoms with van der Waals surface area (Å²) in [6.07, 6.45) is 0. The molecule has 1 heterocycles. The monoisotopic (exact) mass is 386 g/mol. The van der Waals surface area contributed by atoms with Crippen LogP contribution in [0.15, 0.2) is 36.4 Å². The predicted octanol–water partition coefficient (Wildman–Crippen LogP) is 8.62. The van der Waals surface area contributed by atoms with Gasteiger partial charge in [-0.15, -0.1) is 11.3 Å². The summed E-state index contributed by atoms with van der Waals surface area (Å²) in [5.41, 5.74) is 3.94. The Hall–Kier alpha value is -1.08. The fraction of sp³-hybridized carbons (Fsp3) is 0.615. The van der Waals surface area contributed by atoms with E-state index in [2.05, 4.69) is 119 Å². The Morgan fingerprint density at radius 3 is 0.815 bits per heavy atom. The van der Waals surface area contributed by atoms with Crippen LogP contribution in [0.1, 0.15) is 104 Å². The van der Waals surface area contributed by atoms with E-state index >= 15 is 0 Å². The summed E-state index contributed by atoms with van der Waals surface area (Å²) in [5, 5.41) is 0. The average molecular weight is 387 g/mol. The fourth-order valence-corrected chi connectivity index (χ4v) is 3.74. The lowest BCUT2D eigenvalue weighted by molar-refractivity contribution is 0.577. The maximum absolute atomic E-state index is 2.27. The lowest BCUT2D eigenvalue weighted by Crippen LogP contribution is -2.14. The second-order valence-electron chi connectivity index (χ2n) is 11.7. The maximum atomic E-state index is 2.27. The number of hydrogen-bond donors (Lipinski definition) is 0. The van der Waals surface area contributed by atoms with Gasteiger partial charge >= 0.3 is 0 Å². The van der Waals surface area contributed by atoms with Gasteiger partial charge in [-0.1, -0.05) is 107 Å². The Labute approximate surface area is 173 Å². The van der Waals surface area contributed by atoms with Crippen LogP contribution in [0.25, 0.3) is 0 Å². The van der Waals surface area contributed by atoms with Crippen molar-refractivity contribution >= 4 is 11.3 Å². The van der Waals surface area contributed by atoms with Gasteiger partial charge < -0.3 is 0 Å². The van der Waals surface area contributed by atoms with Crippen molar-refractivity contribution in [3.8, 4) is 0 Å². The van der Waals surface area contributed by atoms with E-state index in [4.69, 9.17) is 0 Å². The molecule has 0 spiro atoms. The smallest absolute Gasteiger partial charge is 0.0102 e. The molecular weight excluding hydrogens is 344 g/mol. The Morgan fingerprint density at radius 1 is 0.407 bits per heavy atom. The highest BCUT2D eigenvalue weighted by Gasteiger charge is 2.21. The van der Waals surface area contributed by atoms with Gasteiger partial charge in [0, 0.05) is 9.75 Å². The molecule has 0 radical (unpaired) electrons. The molecule has 0 saturated carbocycles. The van der Waals surface area contributed by atoms with E-state index < -0.39 is 0 Å². The average Bonchev–Trinajstić information content (AvgIpc) is 2.96. The largest absolute Gasteiger partial charge is 0.144 e. The van der Waals surface area contributed by atoms with E-state index in [1.54, 1.807) is 0 Å². The number of rotatable bonds is 0. The third kappa shape index (κ3) is 7.45. The molecule has 0 fully saturated rings. The molecule has 27 heavy (non-hydrogen) atoms. The van der Waals surface area contributed by atoms with Crippen LogP contribution >= 0.6 is 11.3 Å². The molecule has 0 nitrogen and oxygen atoms in total. The summed E-state index contributed by atoms with van der Waals surface area (Å²) in [6.45, 7) is 27.1. The molecular formula is C26H42S. The first-order valence-electron chi connectivity index (χ1n) is 10.1. The lowest BCUT2D eigenvalue weighted by atomic mass is 9.82. The van der Waals surface area contributed by atoms with Crippen LogP contribution in [0.5, 0.6) is 0 Å². The first kappa shape index (κ1) is 24.0. The molecule has 1 aromatic heterocycles. The fourth-order valence-electron chi connectivity index (χ4n) is 2.61. The molecule has 2 aromatic rings. The van der Waals surface area contributed by atoms with E-state index in [1.807, 2.05) is 11.3 Å². The zero-order chi connectivity index (χ0) is 21.3. The number of thiophene rings is 1. The van der Waals surface area contributed by atoms with Gasteiger partial charge in [-0.25, -0.2) is 0 Å². The van der Waals surface area contributed by atoms with Crippen molar-refractivity contribution in [2.45, 2.75) is 105 Å². The number of hydrogen-bond acceptors (Lipinski definition) is 1. The van der Waals surface area contributed by atoms with E-state index in [9.17, 15) is 0 Å². The van der Waals surface area contributed by atoms with Crippen LogP contribution in [0.2, 0.25) is 0 Å². The molecule has 1 aromatic carbocycles. The zero-order valence-electron chi connectivity index (χ0n) is 19.9. The molecule has 0 bridgehead atoms. The van der Waals surface area contributed by atoms with E-state index in [1.165, 1.54) is 20.9 Å². The summed E-state index contributed by atoms with van der Waals surface area (Å²) >= 11 is 1.95. The van der Waals surface area contributed by atoms with Crippen LogP contribution in [0.4, 0.5) is 0 Å². The van der Waals surface area contributed by atoms with Crippen LogP contribution < -0.4 is 0 Å². The van der Waals surface area contributed by atoms with Crippen LogP contribution in [0.3, 0.4) is 0 Å². The molecule has 0 atom stereocenters. The van der Waals surface area contributed by atoms with Gasteiger partial charge in [0.25, 0.3) is 0 Å².